The van der Waals surface area contributed by atoms with Crippen molar-refractivity contribution < 1.29 is 4.74 Å². The van der Waals surface area contributed by atoms with Crippen molar-refractivity contribution in [1.82, 2.24) is 14.7 Å². The largest absolute Gasteiger partial charge is 0.374 e. The van der Waals surface area contributed by atoms with E-state index >= 15 is 0 Å². The van der Waals surface area contributed by atoms with Crippen LogP contribution >= 0.6 is 11.3 Å². The molecule has 3 saturated heterocycles. The summed E-state index contributed by atoms with van der Waals surface area (Å²) in [5.74, 6) is 0. The summed E-state index contributed by atoms with van der Waals surface area (Å²) in [5, 5.41) is 0. The molecule has 0 amide bonds. The van der Waals surface area contributed by atoms with Gasteiger partial charge in [0, 0.05) is 55.1 Å². The van der Waals surface area contributed by atoms with E-state index in [1.54, 1.807) is 0 Å². The first-order chi connectivity index (χ1) is 11.3. The normalized spacial score (nSPS) is 30.1. The fourth-order valence-electron chi connectivity index (χ4n) is 4.31. The van der Waals surface area contributed by atoms with Gasteiger partial charge in [0.1, 0.15) is 0 Å². The van der Waals surface area contributed by atoms with Crippen LogP contribution in [0, 0.1) is 6.92 Å². The van der Waals surface area contributed by atoms with Gasteiger partial charge in [0.25, 0.3) is 0 Å². The van der Waals surface area contributed by atoms with Gasteiger partial charge in [-0.3, -0.25) is 9.80 Å². The van der Waals surface area contributed by atoms with Gasteiger partial charge in [-0.1, -0.05) is 0 Å². The van der Waals surface area contributed by atoms with E-state index in [9.17, 15) is 0 Å². The average Bonchev–Trinajstić information content (AvgIpc) is 3.26. The summed E-state index contributed by atoms with van der Waals surface area (Å²) in [6.45, 7) is 12.7. The second kappa shape index (κ2) is 7.19. The molecule has 3 fully saturated rings. The Bertz CT molecular complexity index is 514. The number of likely N-dealkylation sites (tertiary alicyclic amines) is 2. The van der Waals surface area contributed by atoms with Crippen molar-refractivity contribution in [3.63, 3.8) is 0 Å². The molecule has 128 valence electrons. The molecule has 1 aromatic heterocycles. The average molecular weight is 336 g/mol. The van der Waals surface area contributed by atoms with Crippen LogP contribution in [-0.4, -0.2) is 79.3 Å². The molecular weight excluding hydrogens is 306 g/mol. The van der Waals surface area contributed by atoms with Crippen LogP contribution in [0.15, 0.2) is 12.1 Å². The van der Waals surface area contributed by atoms with Crippen LogP contribution in [0.25, 0.3) is 0 Å². The van der Waals surface area contributed by atoms with Crippen molar-refractivity contribution in [2.24, 2.45) is 0 Å². The predicted octanol–water partition coefficient (Wildman–Crippen LogP) is 2.04. The minimum atomic E-state index is 0.420. The minimum absolute atomic E-state index is 0.420. The lowest BCUT2D eigenvalue weighted by molar-refractivity contribution is -0.0488. The summed E-state index contributed by atoms with van der Waals surface area (Å²) in [4.78, 5) is 10.8. The van der Waals surface area contributed by atoms with Crippen LogP contribution in [0.2, 0.25) is 0 Å². The second-order valence-corrected chi connectivity index (χ2v) is 8.64. The van der Waals surface area contributed by atoms with Gasteiger partial charge in [-0.25, -0.2) is 0 Å². The zero-order chi connectivity index (χ0) is 15.6. The Morgan fingerprint density at radius 1 is 1.09 bits per heavy atom. The molecule has 4 nitrogen and oxygen atoms in total. The van der Waals surface area contributed by atoms with Crippen LogP contribution in [0.3, 0.4) is 0 Å². The van der Waals surface area contributed by atoms with E-state index in [2.05, 4.69) is 33.8 Å². The minimum Gasteiger partial charge on any atom is -0.374 e. The first kappa shape index (κ1) is 16.0. The molecule has 4 heterocycles. The molecule has 5 heteroatoms. The molecular formula is C18H29N3OS. The van der Waals surface area contributed by atoms with Crippen molar-refractivity contribution in [1.29, 1.82) is 0 Å². The van der Waals surface area contributed by atoms with Gasteiger partial charge in [-0.2, -0.15) is 0 Å². The standard InChI is InChI=1S/C18H29N3OS/c1-15-4-5-16(23-15)12-20-13-17-18(14-20)22-11-10-21(17)9-8-19-6-2-3-7-19/h4-5,17-18H,2-3,6-14H2,1H3/t17-,18+/m0/s1. The van der Waals surface area contributed by atoms with E-state index in [0.717, 1.165) is 26.2 Å². The molecule has 0 aromatic carbocycles. The quantitative estimate of drug-likeness (QED) is 0.820. The zero-order valence-electron chi connectivity index (χ0n) is 14.2. The summed E-state index contributed by atoms with van der Waals surface area (Å²) in [5.41, 5.74) is 0. The second-order valence-electron chi connectivity index (χ2n) is 7.27. The lowest BCUT2D eigenvalue weighted by Crippen LogP contribution is -2.52. The third kappa shape index (κ3) is 3.80. The fourth-order valence-corrected chi connectivity index (χ4v) is 5.24. The number of thiophene rings is 1. The molecule has 1 aromatic rings. The van der Waals surface area contributed by atoms with Crippen LogP contribution in [0.4, 0.5) is 0 Å². The van der Waals surface area contributed by atoms with Gasteiger partial charge in [0.2, 0.25) is 0 Å². The van der Waals surface area contributed by atoms with E-state index in [1.165, 1.54) is 55.3 Å². The maximum absolute atomic E-state index is 6.08. The number of aryl methyl sites for hydroxylation is 1. The van der Waals surface area contributed by atoms with Gasteiger partial charge in [0.15, 0.2) is 0 Å². The Balaban J connectivity index is 1.32. The lowest BCUT2D eigenvalue weighted by atomic mass is 10.1. The first-order valence-corrected chi connectivity index (χ1v) is 9.95. The molecule has 0 unspecified atom stereocenters. The smallest absolute Gasteiger partial charge is 0.0870 e. The third-order valence-electron chi connectivity index (χ3n) is 5.57. The summed E-state index contributed by atoms with van der Waals surface area (Å²) in [7, 11) is 0. The lowest BCUT2D eigenvalue weighted by Gasteiger charge is -2.37. The molecule has 4 rings (SSSR count). The highest BCUT2D eigenvalue weighted by molar-refractivity contribution is 7.11. The topological polar surface area (TPSA) is 19.0 Å². The van der Waals surface area contributed by atoms with Crippen molar-refractivity contribution in [3.8, 4) is 0 Å². The molecule has 2 atom stereocenters. The van der Waals surface area contributed by atoms with E-state index in [-0.39, 0.29) is 0 Å². The van der Waals surface area contributed by atoms with Crippen LogP contribution in [-0.2, 0) is 11.3 Å². The third-order valence-corrected chi connectivity index (χ3v) is 6.56. The number of morpholine rings is 1. The van der Waals surface area contributed by atoms with Crippen LogP contribution in [0.5, 0.6) is 0 Å². The van der Waals surface area contributed by atoms with Crippen LogP contribution < -0.4 is 0 Å². The number of nitrogens with zero attached hydrogens (tertiary/aromatic N) is 3. The maximum atomic E-state index is 6.08. The highest BCUT2D eigenvalue weighted by Crippen LogP contribution is 2.26. The van der Waals surface area contributed by atoms with E-state index in [1.807, 2.05) is 11.3 Å². The van der Waals surface area contributed by atoms with Gasteiger partial charge in [-0.15, -0.1) is 11.3 Å². The summed E-state index contributed by atoms with van der Waals surface area (Å²) in [6, 6.07) is 5.13. The van der Waals surface area contributed by atoms with Crippen molar-refractivity contribution in [2.75, 3.05) is 52.4 Å². The molecule has 0 spiro atoms. The summed E-state index contributed by atoms with van der Waals surface area (Å²) >= 11 is 1.93. The Morgan fingerprint density at radius 3 is 2.74 bits per heavy atom. The van der Waals surface area contributed by atoms with Gasteiger partial charge < -0.3 is 9.64 Å². The number of fused-ring (bicyclic) bond motifs is 1. The van der Waals surface area contributed by atoms with Gasteiger partial charge in [0.05, 0.1) is 12.7 Å². The molecule has 3 aliphatic rings. The molecule has 0 saturated carbocycles. The van der Waals surface area contributed by atoms with Crippen LogP contribution in [0.1, 0.15) is 22.6 Å². The van der Waals surface area contributed by atoms with Crippen molar-refractivity contribution in [3.05, 3.63) is 21.9 Å². The van der Waals surface area contributed by atoms with E-state index in [4.69, 9.17) is 4.74 Å². The zero-order valence-corrected chi connectivity index (χ0v) is 15.1. The van der Waals surface area contributed by atoms with Crippen molar-refractivity contribution >= 4 is 11.3 Å². The Labute approximate surface area is 144 Å². The maximum Gasteiger partial charge on any atom is 0.0870 e. The molecule has 3 aliphatic heterocycles. The van der Waals surface area contributed by atoms with Crippen molar-refractivity contribution in [2.45, 2.75) is 38.5 Å². The fraction of sp³-hybridized carbons (Fsp3) is 0.778. The van der Waals surface area contributed by atoms with Gasteiger partial charge in [-0.05, 0) is 45.0 Å². The summed E-state index contributed by atoms with van der Waals surface area (Å²) in [6.07, 6.45) is 3.20. The number of ether oxygens (including phenoxy) is 1. The summed E-state index contributed by atoms with van der Waals surface area (Å²) < 4.78 is 6.08. The molecule has 0 bridgehead atoms. The SMILES string of the molecule is Cc1ccc(CN2C[C@H]3OCCN(CCN4CCCC4)[C@H]3C2)s1. The highest BCUT2D eigenvalue weighted by Gasteiger charge is 2.39. The molecule has 0 N–H and O–H groups in total. The monoisotopic (exact) mass is 335 g/mol. The molecule has 0 aliphatic carbocycles. The number of rotatable bonds is 5. The predicted molar refractivity (Wildman–Crippen MR) is 95.1 cm³/mol. The highest BCUT2D eigenvalue weighted by atomic mass is 32.1. The first-order valence-electron chi connectivity index (χ1n) is 9.13. The Morgan fingerprint density at radius 2 is 1.96 bits per heavy atom. The Hall–Kier alpha value is -0.460. The van der Waals surface area contributed by atoms with Gasteiger partial charge >= 0.3 is 0 Å². The number of hydrogen-bond donors (Lipinski definition) is 0. The van der Waals surface area contributed by atoms with E-state index < -0.39 is 0 Å². The van der Waals surface area contributed by atoms with E-state index in [0.29, 0.717) is 12.1 Å². The Kier molecular flexibility index (Phi) is 5.02. The molecule has 23 heavy (non-hydrogen) atoms. The molecule has 0 radical (unpaired) electrons. The number of hydrogen-bond acceptors (Lipinski definition) is 5.